The molecule has 0 amide bonds. The molecule has 4 rings (SSSR count). The minimum Gasteiger partial charge on any atom is -0.396 e. The Morgan fingerprint density at radius 1 is 1.23 bits per heavy atom. The summed E-state index contributed by atoms with van der Waals surface area (Å²) in [5.41, 5.74) is 1.28. The van der Waals surface area contributed by atoms with Crippen molar-refractivity contribution in [3.05, 3.63) is 0 Å². The Balaban J connectivity index is 1.84. The average molecular weight is 180 g/mol. The second kappa shape index (κ2) is 2.13. The minimum atomic E-state index is 0.383. The third-order valence-electron chi connectivity index (χ3n) is 5.98. The largest absolute Gasteiger partial charge is 0.396 e. The Kier molecular flexibility index (Phi) is 1.36. The molecular weight excluding hydrogens is 160 g/mol. The lowest BCUT2D eigenvalue weighted by Gasteiger charge is -2.34. The van der Waals surface area contributed by atoms with Crippen LogP contribution in [0.3, 0.4) is 0 Å². The first-order valence-corrected chi connectivity index (χ1v) is 5.75. The van der Waals surface area contributed by atoms with Gasteiger partial charge in [-0.1, -0.05) is 13.8 Å². The first-order chi connectivity index (χ1) is 6.14. The Morgan fingerprint density at radius 2 is 1.85 bits per heavy atom. The van der Waals surface area contributed by atoms with Crippen molar-refractivity contribution in [3.8, 4) is 0 Å². The molecule has 0 aliphatic heterocycles. The van der Waals surface area contributed by atoms with Crippen LogP contribution in [0.2, 0.25) is 0 Å². The van der Waals surface area contributed by atoms with E-state index in [1.807, 2.05) is 0 Å². The van der Waals surface area contributed by atoms with Crippen LogP contribution in [0.15, 0.2) is 0 Å². The summed E-state index contributed by atoms with van der Waals surface area (Å²) in [6.45, 7) is 5.38. The van der Waals surface area contributed by atoms with Crippen LogP contribution in [0.4, 0.5) is 0 Å². The Bertz CT molecular complexity index is 236. The van der Waals surface area contributed by atoms with Crippen molar-refractivity contribution in [3.63, 3.8) is 0 Å². The van der Waals surface area contributed by atoms with Crippen LogP contribution < -0.4 is 0 Å². The second-order valence-electron chi connectivity index (χ2n) is 5.91. The van der Waals surface area contributed by atoms with Gasteiger partial charge in [0.2, 0.25) is 0 Å². The first kappa shape index (κ1) is 8.28. The van der Waals surface area contributed by atoms with Crippen molar-refractivity contribution in [1.82, 2.24) is 0 Å². The monoisotopic (exact) mass is 180 g/mol. The van der Waals surface area contributed by atoms with Gasteiger partial charge in [0.05, 0.1) is 0 Å². The van der Waals surface area contributed by atoms with Gasteiger partial charge in [0.1, 0.15) is 0 Å². The molecule has 0 radical (unpaired) electrons. The highest BCUT2D eigenvalue weighted by molar-refractivity contribution is 5.28. The van der Waals surface area contributed by atoms with Gasteiger partial charge in [0.25, 0.3) is 0 Å². The Morgan fingerprint density at radius 3 is 2.23 bits per heavy atom. The van der Waals surface area contributed by atoms with Gasteiger partial charge in [-0.3, -0.25) is 0 Å². The number of aliphatic hydroxyl groups excluding tert-OH is 1. The predicted octanol–water partition coefficient (Wildman–Crippen LogP) is 2.44. The molecule has 2 unspecified atom stereocenters. The molecule has 4 fully saturated rings. The van der Waals surface area contributed by atoms with Crippen molar-refractivity contribution in [2.24, 2.45) is 28.6 Å². The normalized spacial score (nSPS) is 61.6. The molecule has 4 saturated carbocycles. The van der Waals surface area contributed by atoms with E-state index in [4.69, 9.17) is 5.11 Å². The fraction of sp³-hybridized carbons (Fsp3) is 1.00. The summed E-state index contributed by atoms with van der Waals surface area (Å²) in [6, 6.07) is 0. The lowest BCUT2D eigenvalue weighted by molar-refractivity contribution is 0.134. The van der Waals surface area contributed by atoms with Crippen LogP contribution in [-0.2, 0) is 0 Å². The lowest BCUT2D eigenvalue weighted by Crippen LogP contribution is -2.27. The zero-order chi connectivity index (χ0) is 9.27. The maximum atomic E-state index is 8.92. The highest BCUT2D eigenvalue weighted by Gasteiger charge is 2.80. The zero-order valence-electron chi connectivity index (χ0n) is 8.71. The summed E-state index contributed by atoms with van der Waals surface area (Å²) in [5.74, 6) is 3.14. The molecule has 4 aliphatic carbocycles. The molecule has 4 aliphatic rings. The van der Waals surface area contributed by atoms with E-state index in [1.54, 1.807) is 0 Å². The maximum Gasteiger partial charge on any atom is 0.0431 e. The van der Waals surface area contributed by atoms with E-state index in [-0.39, 0.29) is 0 Å². The number of aliphatic hydroxyl groups is 1. The van der Waals surface area contributed by atoms with E-state index in [1.165, 1.54) is 19.3 Å². The van der Waals surface area contributed by atoms with Crippen molar-refractivity contribution in [2.75, 3.05) is 6.61 Å². The van der Waals surface area contributed by atoms with Crippen LogP contribution in [-0.4, -0.2) is 11.7 Å². The van der Waals surface area contributed by atoms with Crippen LogP contribution in [0.5, 0.6) is 0 Å². The van der Waals surface area contributed by atoms with E-state index >= 15 is 0 Å². The summed E-state index contributed by atoms with van der Waals surface area (Å²) in [5, 5.41) is 8.92. The maximum absolute atomic E-state index is 8.92. The van der Waals surface area contributed by atoms with Gasteiger partial charge in [-0.2, -0.15) is 0 Å². The highest BCUT2D eigenvalue weighted by Crippen LogP contribution is 2.86. The van der Waals surface area contributed by atoms with Crippen molar-refractivity contribution in [2.45, 2.75) is 39.5 Å². The van der Waals surface area contributed by atoms with Gasteiger partial charge >= 0.3 is 0 Å². The topological polar surface area (TPSA) is 20.2 Å². The smallest absolute Gasteiger partial charge is 0.0431 e. The average Bonchev–Trinajstić information content (AvgIpc) is 2.54. The second-order valence-corrected chi connectivity index (χ2v) is 5.91. The summed E-state index contributed by atoms with van der Waals surface area (Å²) < 4.78 is 0. The van der Waals surface area contributed by atoms with Crippen LogP contribution in [0.25, 0.3) is 0 Å². The van der Waals surface area contributed by atoms with E-state index < -0.39 is 0 Å². The molecule has 74 valence electrons. The molecule has 0 aromatic carbocycles. The number of hydrogen-bond donors (Lipinski definition) is 1. The standard InChI is InChI=1S/C12H20O/c1-11(4-3-5-13)8-6-9-10(7-8)12(9,11)2/h8-10,13H,3-7H2,1-2H3/t8?,9-,10+,11-,12?/m1/s1. The minimum absolute atomic E-state index is 0.383. The molecule has 13 heavy (non-hydrogen) atoms. The van der Waals surface area contributed by atoms with E-state index in [9.17, 15) is 0 Å². The van der Waals surface area contributed by atoms with Gasteiger partial charge in [-0.25, -0.2) is 0 Å². The molecule has 4 bridgehead atoms. The van der Waals surface area contributed by atoms with Crippen LogP contribution in [0.1, 0.15) is 39.5 Å². The highest BCUT2D eigenvalue weighted by atomic mass is 16.2. The molecular formula is C12H20O. The van der Waals surface area contributed by atoms with Crippen molar-refractivity contribution in [1.29, 1.82) is 0 Å². The first-order valence-electron chi connectivity index (χ1n) is 5.75. The fourth-order valence-corrected chi connectivity index (χ4v) is 4.95. The Hall–Kier alpha value is -0.0400. The van der Waals surface area contributed by atoms with Crippen molar-refractivity contribution >= 4 is 0 Å². The molecule has 0 aromatic rings. The molecule has 1 heteroatoms. The number of rotatable bonds is 3. The molecule has 0 heterocycles. The number of hydrogen-bond acceptors (Lipinski definition) is 1. The lowest BCUT2D eigenvalue weighted by atomic mass is 9.71. The molecule has 0 aromatic heterocycles. The quantitative estimate of drug-likeness (QED) is 0.707. The van der Waals surface area contributed by atoms with Crippen molar-refractivity contribution < 1.29 is 5.11 Å². The third-order valence-corrected chi connectivity index (χ3v) is 5.98. The van der Waals surface area contributed by atoms with E-state index in [0.717, 1.165) is 24.2 Å². The van der Waals surface area contributed by atoms with Gasteiger partial charge in [-0.15, -0.1) is 0 Å². The summed E-state index contributed by atoms with van der Waals surface area (Å²) >= 11 is 0. The summed E-state index contributed by atoms with van der Waals surface area (Å²) in [7, 11) is 0. The Labute approximate surface area is 80.5 Å². The van der Waals surface area contributed by atoms with Gasteiger partial charge in [0, 0.05) is 6.61 Å². The summed E-state index contributed by atoms with van der Waals surface area (Å²) in [6.07, 6.45) is 5.28. The zero-order valence-corrected chi connectivity index (χ0v) is 8.71. The molecule has 0 spiro atoms. The van der Waals surface area contributed by atoms with E-state index in [2.05, 4.69) is 13.8 Å². The van der Waals surface area contributed by atoms with Gasteiger partial charge in [-0.05, 0) is 54.3 Å². The molecule has 1 N–H and O–H groups in total. The fourth-order valence-electron chi connectivity index (χ4n) is 4.95. The third kappa shape index (κ3) is 0.674. The molecule has 5 atom stereocenters. The van der Waals surface area contributed by atoms with Gasteiger partial charge < -0.3 is 5.11 Å². The van der Waals surface area contributed by atoms with Crippen LogP contribution in [0, 0.1) is 28.6 Å². The molecule has 1 nitrogen and oxygen atoms in total. The SMILES string of the molecule is CC12[C@@H]3CC(C[C@@H]31)[C@@]2(C)CCCO. The summed E-state index contributed by atoms with van der Waals surface area (Å²) in [4.78, 5) is 0. The van der Waals surface area contributed by atoms with Gasteiger partial charge in [0.15, 0.2) is 0 Å². The molecule has 0 saturated heterocycles. The predicted molar refractivity (Wildman–Crippen MR) is 52.2 cm³/mol. The van der Waals surface area contributed by atoms with Crippen LogP contribution >= 0.6 is 0 Å². The van der Waals surface area contributed by atoms with E-state index in [0.29, 0.717) is 17.4 Å².